The number of nitrogens with one attached hydrogen (secondary N) is 1. The van der Waals surface area contributed by atoms with Crippen molar-refractivity contribution in [3.05, 3.63) is 30.3 Å². The van der Waals surface area contributed by atoms with Gasteiger partial charge >= 0.3 is 0 Å². The number of carbonyl (C=O) groups is 1. The minimum atomic E-state index is -0.600. The van der Waals surface area contributed by atoms with Crippen molar-refractivity contribution >= 4 is 11.6 Å². The zero-order valence-electron chi connectivity index (χ0n) is 10.8. The van der Waals surface area contributed by atoms with E-state index in [0.29, 0.717) is 6.54 Å². The fraction of sp³-hybridized carbons (Fsp3) is 0.462. The van der Waals surface area contributed by atoms with Crippen molar-refractivity contribution in [1.29, 1.82) is 0 Å². The molecule has 0 saturated carbocycles. The van der Waals surface area contributed by atoms with Crippen LogP contribution in [0.1, 0.15) is 6.42 Å². The van der Waals surface area contributed by atoms with Gasteiger partial charge < -0.3 is 21.7 Å². The molecule has 100 valence electrons. The Balaban J connectivity index is 2.13. The first-order chi connectivity index (χ1) is 8.61. The number of hydrogen-bond donors (Lipinski definition) is 3. The van der Waals surface area contributed by atoms with E-state index in [2.05, 4.69) is 29.4 Å². The molecular weight excluding hydrogens is 228 g/mol. The van der Waals surface area contributed by atoms with Crippen LogP contribution in [0.5, 0.6) is 0 Å². The molecule has 0 aliphatic carbocycles. The summed E-state index contributed by atoms with van der Waals surface area (Å²) in [6, 6.07) is 9.61. The van der Waals surface area contributed by atoms with Crippen molar-refractivity contribution < 1.29 is 4.79 Å². The number of nitrogens with two attached hydrogens (primary N) is 2. The van der Waals surface area contributed by atoms with Crippen molar-refractivity contribution in [2.75, 3.05) is 31.6 Å². The Bertz CT molecular complexity index is 355. The zero-order chi connectivity index (χ0) is 13.4. The van der Waals surface area contributed by atoms with Gasteiger partial charge in [-0.25, -0.2) is 0 Å². The Morgan fingerprint density at radius 3 is 2.67 bits per heavy atom. The first kappa shape index (κ1) is 14.5. The largest absolute Gasteiger partial charge is 0.375 e. The van der Waals surface area contributed by atoms with Crippen LogP contribution in [-0.2, 0) is 4.79 Å². The molecular formula is C13H22N4O. The minimum absolute atomic E-state index is 0.435. The molecule has 1 rings (SSSR count). The predicted octanol–water partition coefficient (Wildman–Crippen LogP) is -0.0849. The molecule has 5 nitrogen and oxygen atoms in total. The van der Waals surface area contributed by atoms with Gasteiger partial charge in [-0.05, 0) is 25.1 Å². The summed E-state index contributed by atoms with van der Waals surface area (Å²) in [6.45, 7) is 2.20. The molecule has 0 radical (unpaired) electrons. The van der Waals surface area contributed by atoms with Crippen LogP contribution >= 0.6 is 0 Å². The minimum Gasteiger partial charge on any atom is -0.375 e. The number of nitrogens with zero attached hydrogens (tertiary/aromatic N) is 1. The van der Waals surface area contributed by atoms with E-state index >= 15 is 0 Å². The van der Waals surface area contributed by atoms with Crippen molar-refractivity contribution in [2.24, 2.45) is 11.5 Å². The van der Waals surface area contributed by atoms with Crippen molar-refractivity contribution in [3.8, 4) is 0 Å². The number of para-hydroxylation sites is 1. The van der Waals surface area contributed by atoms with Gasteiger partial charge in [0.05, 0.1) is 6.04 Å². The summed E-state index contributed by atoms with van der Waals surface area (Å²) in [4.78, 5) is 12.9. The second kappa shape index (κ2) is 7.68. The number of anilines is 1. The molecule has 5 N–H and O–H groups in total. The van der Waals surface area contributed by atoms with E-state index in [-0.39, 0.29) is 0 Å². The first-order valence-corrected chi connectivity index (χ1v) is 6.13. The van der Waals surface area contributed by atoms with Gasteiger partial charge in [0.15, 0.2) is 0 Å². The van der Waals surface area contributed by atoms with Gasteiger partial charge in [-0.15, -0.1) is 0 Å². The lowest BCUT2D eigenvalue weighted by atomic mass is 10.2. The topological polar surface area (TPSA) is 84.4 Å². The van der Waals surface area contributed by atoms with E-state index in [4.69, 9.17) is 11.5 Å². The number of primary amides is 1. The summed E-state index contributed by atoms with van der Waals surface area (Å²) < 4.78 is 0. The van der Waals surface area contributed by atoms with Gasteiger partial charge in [-0.3, -0.25) is 4.79 Å². The fourth-order valence-electron chi connectivity index (χ4n) is 1.61. The lowest BCUT2D eigenvalue weighted by Gasteiger charge is -2.19. The highest BCUT2D eigenvalue weighted by Gasteiger charge is 2.07. The van der Waals surface area contributed by atoms with Gasteiger partial charge in [0.1, 0.15) is 0 Å². The average Bonchev–Trinajstić information content (AvgIpc) is 2.38. The highest BCUT2D eigenvalue weighted by atomic mass is 16.1. The quantitative estimate of drug-likeness (QED) is 0.563. The molecule has 0 spiro atoms. The van der Waals surface area contributed by atoms with Crippen LogP contribution in [0, 0.1) is 0 Å². The van der Waals surface area contributed by atoms with Crippen LogP contribution in [0.25, 0.3) is 0 Å². The Morgan fingerprint density at radius 1 is 1.39 bits per heavy atom. The molecule has 1 aromatic rings. The number of carbonyl (C=O) groups excluding carboxylic acids is 1. The van der Waals surface area contributed by atoms with Crippen LogP contribution in [-0.4, -0.2) is 38.6 Å². The van der Waals surface area contributed by atoms with Crippen molar-refractivity contribution in [3.63, 3.8) is 0 Å². The molecule has 0 saturated heterocycles. The molecule has 0 aliphatic heterocycles. The van der Waals surface area contributed by atoms with E-state index in [0.717, 1.165) is 19.5 Å². The Morgan fingerprint density at radius 2 is 2.06 bits per heavy atom. The number of benzene rings is 1. The second-order valence-electron chi connectivity index (χ2n) is 4.32. The lowest BCUT2D eigenvalue weighted by molar-refractivity contribution is -0.119. The summed E-state index contributed by atoms with van der Waals surface area (Å²) in [6.07, 6.45) is 0.983. The molecule has 1 amide bonds. The lowest BCUT2D eigenvalue weighted by Crippen LogP contribution is -2.44. The fourth-order valence-corrected chi connectivity index (χ4v) is 1.61. The van der Waals surface area contributed by atoms with E-state index < -0.39 is 11.9 Å². The molecule has 0 bridgehead atoms. The highest BCUT2D eigenvalue weighted by Crippen LogP contribution is 2.10. The maximum absolute atomic E-state index is 10.7. The van der Waals surface area contributed by atoms with Gasteiger partial charge in [0.25, 0.3) is 0 Å². The Kier molecular flexibility index (Phi) is 6.18. The molecule has 18 heavy (non-hydrogen) atoms. The summed E-state index contributed by atoms with van der Waals surface area (Å²) in [7, 11) is 2.06. The number of amides is 1. The average molecular weight is 250 g/mol. The molecule has 1 unspecified atom stereocenters. The summed E-state index contributed by atoms with van der Waals surface area (Å²) >= 11 is 0. The molecule has 1 atom stereocenters. The summed E-state index contributed by atoms with van der Waals surface area (Å²) in [5, 5.41) is 3.12. The third-order valence-corrected chi connectivity index (χ3v) is 2.77. The second-order valence-corrected chi connectivity index (χ2v) is 4.32. The van der Waals surface area contributed by atoms with Crippen LogP contribution < -0.4 is 21.7 Å². The third kappa shape index (κ3) is 5.16. The van der Waals surface area contributed by atoms with Crippen LogP contribution in [0.4, 0.5) is 5.69 Å². The monoisotopic (exact) mass is 250 g/mol. The normalized spacial score (nSPS) is 12.1. The molecule has 0 fully saturated rings. The molecule has 0 aromatic heterocycles. The van der Waals surface area contributed by atoms with E-state index in [1.165, 1.54) is 5.69 Å². The predicted molar refractivity (Wildman–Crippen MR) is 74.4 cm³/mol. The van der Waals surface area contributed by atoms with Crippen molar-refractivity contribution in [2.45, 2.75) is 12.5 Å². The zero-order valence-corrected chi connectivity index (χ0v) is 10.8. The molecule has 5 heteroatoms. The van der Waals surface area contributed by atoms with Gasteiger partial charge in [-0.2, -0.15) is 0 Å². The summed E-state index contributed by atoms with van der Waals surface area (Å²) in [5.74, 6) is -0.469. The number of hydrogen-bond acceptors (Lipinski definition) is 4. The van der Waals surface area contributed by atoms with E-state index in [9.17, 15) is 4.79 Å². The van der Waals surface area contributed by atoms with Crippen LogP contribution in [0.2, 0.25) is 0 Å². The molecule has 0 aliphatic rings. The molecule has 0 heterocycles. The standard InChI is InChI=1S/C13H22N4O/c1-17(11-6-3-2-4-7-11)9-5-8-16-10-12(14)13(15)18/h2-4,6-7,12,16H,5,8-10,14H2,1H3,(H2,15,18). The van der Waals surface area contributed by atoms with Gasteiger partial charge in [0, 0.05) is 25.8 Å². The first-order valence-electron chi connectivity index (χ1n) is 6.13. The van der Waals surface area contributed by atoms with E-state index in [1.807, 2.05) is 18.2 Å². The number of rotatable bonds is 8. The Hall–Kier alpha value is -1.59. The summed E-state index contributed by atoms with van der Waals surface area (Å²) in [5.41, 5.74) is 11.8. The van der Waals surface area contributed by atoms with Crippen molar-refractivity contribution in [1.82, 2.24) is 5.32 Å². The van der Waals surface area contributed by atoms with Crippen LogP contribution in [0.15, 0.2) is 30.3 Å². The van der Waals surface area contributed by atoms with Gasteiger partial charge in [-0.1, -0.05) is 18.2 Å². The highest BCUT2D eigenvalue weighted by molar-refractivity contribution is 5.79. The molecule has 1 aromatic carbocycles. The van der Waals surface area contributed by atoms with Gasteiger partial charge in [0.2, 0.25) is 5.91 Å². The maximum Gasteiger partial charge on any atom is 0.235 e. The van der Waals surface area contributed by atoms with Crippen LogP contribution in [0.3, 0.4) is 0 Å². The smallest absolute Gasteiger partial charge is 0.235 e. The maximum atomic E-state index is 10.7. The Labute approximate surface area is 108 Å². The third-order valence-electron chi connectivity index (χ3n) is 2.77. The van der Waals surface area contributed by atoms with E-state index in [1.54, 1.807) is 0 Å². The SMILES string of the molecule is CN(CCCNCC(N)C(N)=O)c1ccccc1.